The van der Waals surface area contributed by atoms with Gasteiger partial charge >= 0.3 is 0 Å². The van der Waals surface area contributed by atoms with Crippen molar-refractivity contribution in [1.29, 1.82) is 0 Å². The molecule has 0 saturated carbocycles. The van der Waals surface area contributed by atoms with Gasteiger partial charge in [-0.15, -0.1) is 0 Å². The molecule has 0 radical (unpaired) electrons. The molecule has 1 N–H and O–H groups in total. The van der Waals surface area contributed by atoms with E-state index in [9.17, 15) is 0 Å². The fourth-order valence-electron chi connectivity index (χ4n) is 4.64. The highest BCUT2D eigenvalue weighted by atomic mass is 16.5. The molecular weight excluding hydrogens is 330 g/mol. The summed E-state index contributed by atoms with van der Waals surface area (Å²) in [5, 5.41) is 3.82. The Bertz CT molecular complexity index is 992. The molecule has 5 rings (SSSR count). The zero-order valence-electron chi connectivity index (χ0n) is 15.4. The maximum atomic E-state index is 5.65. The van der Waals surface area contributed by atoms with Gasteiger partial charge in [0.05, 0.1) is 13.2 Å². The number of anilines is 1. The molecule has 3 aromatic carbocycles. The molecule has 0 amide bonds. The minimum absolute atomic E-state index is 0.260. The second kappa shape index (κ2) is 6.62. The Hall–Kier alpha value is -3.00. The van der Waals surface area contributed by atoms with Crippen molar-refractivity contribution in [3.8, 4) is 16.9 Å². The van der Waals surface area contributed by atoms with E-state index in [0.29, 0.717) is 11.8 Å². The van der Waals surface area contributed by atoms with Crippen molar-refractivity contribution in [1.82, 2.24) is 0 Å². The van der Waals surface area contributed by atoms with Gasteiger partial charge in [-0.2, -0.15) is 0 Å². The van der Waals surface area contributed by atoms with E-state index in [-0.39, 0.29) is 6.04 Å². The maximum Gasteiger partial charge on any atom is 0.124 e. The molecule has 134 valence electrons. The number of rotatable bonds is 3. The molecule has 0 aromatic heterocycles. The summed E-state index contributed by atoms with van der Waals surface area (Å²) in [6.45, 7) is 0. The van der Waals surface area contributed by atoms with Gasteiger partial charge in [0.1, 0.15) is 5.75 Å². The Balaban J connectivity index is 1.58. The molecular formula is C25H23NO. The van der Waals surface area contributed by atoms with Crippen LogP contribution >= 0.6 is 0 Å². The highest BCUT2D eigenvalue weighted by molar-refractivity contribution is 5.71. The van der Waals surface area contributed by atoms with Gasteiger partial charge in [0.2, 0.25) is 0 Å². The zero-order valence-corrected chi connectivity index (χ0v) is 15.4. The topological polar surface area (TPSA) is 21.3 Å². The summed E-state index contributed by atoms with van der Waals surface area (Å²) in [6.07, 6.45) is 5.82. The average Bonchev–Trinajstić information content (AvgIpc) is 3.24. The Morgan fingerprint density at radius 2 is 1.67 bits per heavy atom. The molecule has 0 fully saturated rings. The first kappa shape index (κ1) is 16.2. The monoisotopic (exact) mass is 353 g/mol. The molecule has 0 bridgehead atoms. The third-order valence-corrected chi connectivity index (χ3v) is 5.94. The predicted molar refractivity (Wildman–Crippen MR) is 111 cm³/mol. The van der Waals surface area contributed by atoms with Crippen molar-refractivity contribution < 1.29 is 4.74 Å². The van der Waals surface area contributed by atoms with Crippen LogP contribution in [0.25, 0.3) is 11.1 Å². The van der Waals surface area contributed by atoms with Crippen LogP contribution in [0.3, 0.4) is 0 Å². The van der Waals surface area contributed by atoms with E-state index < -0.39 is 0 Å². The van der Waals surface area contributed by atoms with Crippen molar-refractivity contribution in [3.63, 3.8) is 0 Å². The minimum Gasteiger partial charge on any atom is -0.496 e. The quantitative estimate of drug-likeness (QED) is 0.567. The lowest BCUT2D eigenvalue weighted by Gasteiger charge is -2.38. The molecule has 2 heteroatoms. The van der Waals surface area contributed by atoms with E-state index in [1.54, 1.807) is 7.11 Å². The van der Waals surface area contributed by atoms with E-state index >= 15 is 0 Å². The van der Waals surface area contributed by atoms with E-state index in [4.69, 9.17) is 4.74 Å². The van der Waals surface area contributed by atoms with Gasteiger partial charge in [0, 0.05) is 17.2 Å². The molecule has 0 spiro atoms. The van der Waals surface area contributed by atoms with Crippen LogP contribution in [0.15, 0.2) is 84.9 Å². The van der Waals surface area contributed by atoms with Gasteiger partial charge in [-0.05, 0) is 47.2 Å². The van der Waals surface area contributed by atoms with Gasteiger partial charge in [0.25, 0.3) is 0 Å². The summed E-state index contributed by atoms with van der Waals surface area (Å²) in [5.41, 5.74) is 6.44. The van der Waals surface area contributed by atoms with Crippen LogP contribution in [0.5, 0.6) is 5.75 Å². The molecule has 0 unspecified atom stereocenters. The number of hydrogen-bond donors (Lipinski definition) is 1. The van der Waals surface area contributed by atoms with Gasteiger partial charge in [0.15, 0.2) is 0 Å². The summed E-state index contributed by atoms with van der Waals surface area (Å²) in [6, 6.07) is 26.1. The van der Waals surface area contributed by atoms with Crippen molar-refractivity contribution in [2.75, 3.05) is 12.4 Å². The third kappa shape index (κ3) is 2.73. The zero-order chi connectivity index (χ0) is 18.2. The SMILES string of the molecule is COc1ccccc1[C@@H]1Nc2ccc(-c3ccccc3)cc2[C@H]2C=CC[C@H]21. The summed E-state index contributed by atoms with van der Waals surface area (Å²) in [5.74, 6) is 1.92. The van der Waals surface area contributed by atoms with Crippen LogP contribution < -0.4 is 10.1 Å². The number of hydrogen-bond acceptors (Lipinski definition) is 2. The second-order valence-electron chi connectivity index (χ2n) is 7.39. The molecule has 3 atom stereocenters. The molecule has 27 heavy (non-hydrogen) atoms. The van der Waals surface area contributed by atoms with Crippen molar-refractivity contribution in [3.05, 3.63) is 96.1 Å². The number of benzene rings is 3. The Morgan fingerprint density at radius 3 is 2.52 bits per heavy atom. The standard InChI is InChI=1S/C25H23NO/c1-27-24-13-6-5-10-21(24)25-20-12-7-11-19(20)22-16-18(14-15-23(22)26-25)17-8-3-2-4-9-17/h2-11,13-16,19-20,25-26H,12H2,1H3/t19-,20+,25+/m0/s1. The van der Waals surface area contributed by atoms with E-state index in [1.807, 2.05) is 6.07 Å². The Labute approximate surface area is 160 Å². The third-order valence-electron chi connectivity index (χ3n) is 5.94. The Kier molecular flexibility index (Phi) is 3.97. The summed E-state index contributed by atoms with van der Waals surface area (Å²) < 4.78 is 5.65. The number of nitrogens with one attached hydrogen (secondary N) is 1. The van der Waals surface area contributed by atoms with Gasteiger partial charge < -0.3 is 10.1 Å². The fourth-order valence-corrected chi connectivity index (χ4v) is 4.64. The summed E-state index contributed by atoms with van der Waals surface area (Å²) >= 11 is 0. The number of fused-ring (bicyclic) bond motifs is 3. The highest BCUT2D eigenvalue weighted by Crippen LogP contribution is 2.51. The lowest BCUT2D eigenvalue weighted by Crippen LogP contribution is -2.29. The molecule has 2 aliphatic rings. The summed E-state index contributed by atoms with van der Waals surface area (Å²) in [4.78, 5) is 0. The lowest BCUT2D eigenvalue weighted by atomic mass is 9.76. The van der Waals surface area contributed by atoms with E-state index in [2.05, 4.69) is 84.2 Å². The second-order valence-corrected chi connectivity index (χ2v) is 7.39. The first-order valence-corrected chi connectivity index (χ1v) is 9.60. The maximum absolute atomic E-state index is 5.65. The van der Waals surface area contributed by atoms with Gasteiger partial charge in [-0.3, -0.25) is 0 Å². The fraction of sp³-hybridized carbons (Fsp3) is 0.200. The van der Waals surface area contributed by atoms with Crippen LogP contribution in [0.1, 0.15) is 29.5 Å². The van der Waals surface area contributed by atoms with Gasteiger partial charge in [-0.25, -0.2) is 0 Å². The van der Waals surface area contributed by atoms with Crippen LogP contribution in [0, 0.1) is 5.92 Å². The Morgan fingerprint density at radius 1 is 0.852 bits per heavy atom. The molecule has 0 saturated heterocycles. The average molecular weight is 353 g/mol. The van der Waals surface area contributed by atoms with Gasteiger partial charge in [-0.1, -0.05) is 66.7 Å². The number of ether oxygens (including phenoxy) is 1. The van der Waals surface area contributed by atoms with E-state index in [1.165, 1.54) is 27.9 Å². The molecule has 3 aromatic rings. The minimum atomic E-state index is 0.260. The van der Waals surface area contributed by atoms with Crippen LogP contribution in [-0.2, 0) is 0 Å². The first-order chi connectivity index (χ1) is 13.3. The largest absolute Gasteiger partial charge is 0.496 e. The van der Waals surface area contributed by atoms with E-state index in [0.717, 1.165) is 12.2 Å². The van der Waals surface area contributed by atoms with Crippen LogP contribution in [-0.4, -0.2) is 7.11 Å². The smallest absolute Gasteiger partial charge is 0.124 e. The van der Waals surface area contributed by atoms with Crippen molar-refractivity contribution in [2.24, 2.45) is 5.92 Å². The van der Waals surface area contributed by atoms with Crippen molar-refractivity contribution >= 4 is 5.69 Å². The summed E-state index contributed by atoms with van der Waals surface area (Å²) in [7, 11) is 1.76. The molecule has 1 aliphatic carbocycles. The van der Waals surface area contributed by atoms with Crippen molar-refractivity contribution in [2.45, 2.75) is 18.4 Å². The van der Waals surface area contributed by atoms with Crippen LogP contribution in [0.4, 0.5) is 5.69 Å². The number of allylic oxidation sites excluding steroid dienone is 2. The number of methoxy groups -OCH3 is 1. The predicted octanol–water partition coefficient (Wildman–Crippen LogP) is 6.19. The molecule has 2 nitrogen and oxygen atoms in total. The number of para-hydroxylation sites is 1. The first-order valence-electron chi connectivity index (χ1n) is 9.60. The molecule has 1 heterocycles. The lowest BCUT2D eigenvalue weighted by molar-refractivity contribution is 0.381. The highest BCUT2D eigenvalue weighted by Gasteiger charge is 2.38. The van der Waals surface area contributed by atoms with Crippen LogP contribution in [0.2, 0.25) is 0 Å². The molecule has 1 aliphatic heterocycles. The normalized spacial score (nSPS) is 22.6.